The molecule has 1 atom stereocenters. The minimum atomic E-state index is -0.316. The first-order chi connectivity index (χ1) is 9.29. The molecule has 1 aromatic rings. The van der Waals surface area contributed by atoms with Crippen molar-refractivity contribution in [3.63, 3.8) is 0 Å². The van der Waals surface area contributed by atoms with Gasteiger partial charge in [0.05, 0.1) is 12.7 Å². The van der Waals surface area contributed by atoms with Crippen LogP contribution in [0.15, 0.2) is 24.3 Å². The van der Waals surface area contributed by atoms with E-state index in [2.05, 4.69) is 6.92 Å². The number of hydrogen-bond acceptors (Lipinski definition) is 2. The maximum absolute atomic E-state index is 10.3. The lowest BCUT2D eigenvalue weighted by molar-refractivity contribution is 0.131. The van der Waals surface area contributed by atoms with E-state index in [1.54, 1.807) is 0 Å². The number of benzene rings is 1. The van der Waals surface area contributed by atoms with Crippen molar-refractivity contribution < 1.29 is 9.84 Å². The van der Waals surface area contributed by atoms with Gasteiger partial charge in [0.15, 0.2) is 0 Å². The predicted molar refractivity (Wildman–Crippen MR) is 78.4 cm³/mol. The summed E-state index contributed by atoms with van der Waals surface area (Å²) in [5, 5.41) is 10.3. The first kappa shape index (κ1) is 14.4. The third-order valence-electron chi connectivity index (χ3n) is 4.02. The molecule has 1 aromatic carbocycles. The van der Waals surface area contributed by atoms with Crippen molar-refractivity contribution in [1.29, 1.82) is 0 Å². The van der Waals surface area contributed by atoms with E-state index in [-0.39, 0.29) is 6.10 Å². The second-order valence-electron chi connectivity index (χ2n) is 5.67. The monoisotopic (exact) mass is 262 g/mol. The van der Waals surface area contributed by atoms with Gasteiger partial charge in [0.2, 0.25) is 0 Å². The molecule has 0 radical (unpaired) electrons. The molecule has 1 aliphatic carbocycles. The maximum Gasteiger partial charge on any atom is 0.119 e. The standard InChI is InChI=1S/C17H26O2/c1-2-12-19-16-10-8-15(9-11-16)17(18)13-14-6-4-3-5-7-14/h8-11,14,17-18H,2-7,12-13H2,1H3. The smallest absolute Gasteiger partial charge is 0.119 e. The molecule has 2 rings (SSSR count). The van der Waals surface area contributed by atoms with Crippen LogP contribution in [0.25, 0.3) is 0 Å². The summed E-state index contributed by atoms with van der Waals surface area (Å²) in [5.41, 5.74) is 1.02. The van der Waals surface area contributed by atoms with E-state index in [0.717, 1.165) is 30.8 Å². The Morgan fingerprint density at radius 1 is 1.16 bits per heavy atom. The van der Waals surface area contributed by atoms with Crippen molar-refractivity contribution in [1.82, 2.24) is 0 Å². The zero-order valence-corrected chi connectivity index (χ0v) is 12.0. The number of hydrogen-bond donors (Lipinski definition) is 1. The fourth-order valence-electron chi connectivity index (χ4n) is 2.88. The van der Waals surface area contributed by atoms with Crippen molar-refractivity contribution in [3.05, 3.63) is 29.8 Å². The second kappa shape index (κ2) is 7.54. The molecule has 0 bridgehead atoms. The van der Waals surface area contributed by atoms with Gasteiger partial charge in [0.1, 0.15) is 5.75 Å². The number of ether oxygens (including phenoxy) is 1. The van der Waals surface area contributed by atoms with Crippen molar-refractivity contribution in [2.75, 3.05) is 6.61 Å². The Balaban J connectivity index is 1.85. The largest absolute Gasteiger partial charge is 0.494 e. The summed E-state index contributed by atoms with van der Waals surface area (Å²) < 4.78 is 5.56. The van der Waals surface area contributed by atoms with E-state index < -0.39 is 0 Å². The maximum atomic E-state index is 10.3. The highest BCUT2D eigenvalue weighted by atomic mass is 16.5. The van der Waals surface area contributed by atoms with Crippen molar-refractivity contribution >= 4 is 0 Å². The lowest BCUT2D eigenvalue weighted by atomic mass is 9.84. The topological polar surface area (TPSA) is 29.5 Å². The number of aliphatic hydroxyl groups is 1. The molecule has 2 nitrogen and oxygen atoms in total. The van der Waals surface area contributed by atoms with Crippen LogP contribution in [0.5, 0.6) is 5.75 Å². The number of aliphatic hydroxyl groups excluding tert-OH is 1. The van der Waals surface area contributed by atoms with Crippen LogP contribution in [0.4, 0.5) is 0 Å². The molecule has 1 aliphatic rings. The van der Waals surface area contributed by atoms with Gasteiger partial charge in [-0.25, -0.2) is 0 Å². The lowest BCUT2D eigenvalue weighted by Gasteiger charge is -2.24. The van der Waals surface area contributed by atoms with E-state index in [1.807, 2.05) is 24.3 Å². The van der Waals surface area contributed by atoms with Crippen LogP contribution in [0.3, 0.4) is 0 Å². The third kappa shape index (κ3) is 4.54. The summed E-state index contributed by atoms with van der Waals surface area (Å²) in [6, 6.07) is 7.93. The Kier molecular flexibility index (Phi) is 5.71. The molecule has 0 spiro atoms. The van der Waals surface area contributed by atoms with Gasteiger partial charge in [-0.2, -0.15) is 0 Å². The highest BCUT2D eigenvalue weighted by Crippen LogP contribution is 2.32. The van der Waals surface area contributed by atoms with E-state index in [0.29, 0.717) is 5.92 Å². The summed E-state index contributed by atoms with van der Waals surface area (Å²) in [6.45, 7) is 2.85. The van der Waals surface area contributed by atoms with Gasteiger partial charge in [-0.1, -0.05) is 51.2 Å². The van der Waals surface area contributed by atoms with Gasteiger partial charge < -0.3 is 9.84 Å². The zero-order valence-electron chi connectivity index (χ0n) is 12.0. The summed E-state index contributed by atoms with van der Waals surface area (Å²) in [5.74, 6) is 1.61. The molecule has 0 amide bonds. The van der Waals surface area contributed by atoms with Gasteiger partial charge in [-0.3, -0.25) is 0 Å². The van der Waals surface area contributed by atoms with E-state index in [1.165, 1.54) is 32.1 Å². The highest BCUT2D eigenvalue weighted by Gasteiger charge is 2.18. The third-order valence-corrected chi connectivity index (χ3v) is 4.02. The summed E-state index contributed by atoms with van der Waals surface area (Å²) >= 11 is 0. The molecule has 0 heterocycles. The lowest BCUT2D eigenvalue weighted by Crippen LogP contribution is -2.11. The normalized spacial score (nSPS) is 18.2. The first-order valence-corrected chi connectivity index (χ1v) is 7.70. The van der Waals surface area contributed by atoms with Gasteiger partial charge in [0, 0.05) is 0 Å². The minimum Gasteiger partial charge on any atom is -0.494 e. The van der Waals surface area contributed by atoms with Crippen LogP contribution in [0, 0.1) is 5.92 Å². The molecular weight excluding hydrogens is 236 g/mol. The first-order valence-electron chi connectivity index (χ1n) is 7.70. The summed E-state index contributed by atoms with van der Waals surface area (Å²) in [6.07, 6.45) is 8.23. The highest BCUT2D eigenvalue weighted by molar-refractivity contribution is 5.28. The molecule has 0 saturated heterocycles. The predicted octanol–water partition coefficient (Wildman–Crippen LogP) is 4.48. The van der Waals surface area contributed by atoms with Gasteiger partial charge in [-0.05, 0) is 36.5 Å². The Morgan fingerprint density at radius 2 is 1.84 bits per heavy atom. The van der Waals surface area contributed by atoms with Crippen LogP contribution in [0.2, 0.25) is 0 Å². The van der Waals surface area contributed by atoms with E-state index in [4.69, 9.17) is 4.74 Å². The molecular formula is C17H26O2. The van der Waals surface area contributed by atoms with Crippen molar-refractivity contribution in [2.24, 2.45) is 5.92 Å². The molecule has 0 aliphatic heterocycles. The Morgan fingerprint density at radius 3 is 2.47 bits per heavy atom. The quantitative estimate of drug-likeness (QED) is 0.819. The van der Waals surface area contributed by atoms with Crippen LogP contribution in [0.1, 0.15) is 63.5 Å². The molecule has 0 aromatic heterocycles. The average Bonchev–Trinajstić information content (AvgIpc) is 2.46. The van der Waals surface area contributed by atoms with Gasteiger partial charge in [-0.15, -0.1) is 0 Å². The Labute approximate surface area is 116 Å². The average molecular weight is 262 g/mol. The molecule has 1 unspecified atom stereocenters. The van der Waals surface area contributed by atoms with Crippen LogP contribution in [-0.2, 0) is 0 Å². The second-order valence-corrected chi connectivity index (χ2v) is 5.67. The molecule has 1 fully saturated rings. The molecule has 19 heavy (non-hydrogen) atoms. The molecule has 1 saturated carbocycles. The van der Waals surface area contributed by atoms with E-state index in [9.17, 15) is 5.11 Å². The molecule has 106 valence electrons. The van der Waals surface area contributed by atoms with Crippen molar-refractivity contribution in [2.45, 2.75) is 58.0 Å². The van der Waals surface area contributed by atoms with Crippen molar-refractivity contribution in [3.8, 4) is 5.75 Å². The summed E-state index contributed by atoms with van der Waals surface area (Å²) in [4.78, 5) is 0. The van der Waals surface area contributed by atoms with Crippen LogP contribution in [-0.4, -0.2) is 11.7 Å². The summed E-state index contributed by atoms with van der Waals surface area (Å²) in [7, 11) is 0. The minimum absolute atomic E-state index is 0.316. The fourth-order valence-corrected chi connectivity index (χ4v) is 2.88. The van der Waals surface area contributed by atoms with Gasteiger partial charge >= 0.3 is 0 Å². The Bertz CT molecular complexity index is 352. The van der Waals surface area contributed by atoms with Crippen LogP contribution >= 0.6 is 0 Å². The van der Waals surface area contributed by atoms with E-state index >= 15 is 0 Å². The van der Waals surface area contributed by atoms with Crippen LogP contribution < -0.4 is 4.74 Å². The number of rotatable bonds is 6. The Hall–Kier alpha value is -1.02. The zero-order chi connectivity index (χ0) is 13.5. The SMILES string of the molecule is CCCOc1ccc(C(O)CC2CCCCC2)cc1. The molecule has 1 N–H and O–H groups in total. The fraction of sp³-hybridized carbons (Fsp3) is 0.647. The molecule has 2 heteroatoms. The van der Waals surface area contributed by atoms with Gasteiger partial charge in [0.25, 0.3) is 0 Å².